The summed E-state index contributed by atoms with van der Waals surface area (Å²) >= 11 is 0. The normalized spacial score (nSPS) is 12.4. The summed E-state index contributed by atoms with van der Waals surface area (Å²) in [6, 6.07) is 8.02. The molecule has 0 amide bonds. The second kappa shape index (κ2) is 5.01. The van der Waals surface area contributed by atoms with Gasteiger partial charge in [-0.2, -0.15) is 5.10 Å². The highest BCUT2D eigenvalue weighted by atomic mass is 16.5. The van der Waals surface area contributed by atoms with Gasteiger partial charge < -0.3 is 10.5 Å². The van der Waals surface area contributed by atoms with Crippen LogP contribution in [0.25, 0.3) is 11.3 Å². The number of ether oxygens (including phenoxy) is 1. The van der Waals surface area contributed by atoms with E-state index in [1.54, 1.807) is 7.11 Å². The minimum atomic E-state index is 0.122. The SMILES string of the molecule is COc1cccc(-c2[nH]ncc2CC(C)N)c1. The molecule has 1 unspecified atom stereocenters. The van der Waals surface area contributed by atoms with Crippen LogP contribution >= 0.6 is 0 Å². The Morgan fingerprint density at radius 1 is 1.47 bits per heavy atom. The van der Waals surface area contributed by atoms with Crippen molar-refractivity contribution in [3.8, 4) is 17.0 Å². The highest BCUT2D eigenvalue weighted by Gasteiger charge is 2.09. The molecule has 0 fully saturated rings. The largest absolute Gasteiger partial charge is 0.497 e. The first-order valence-electron chi connectivity index (χ1n) is 5.63. The zero-order chi connectivity index (χ0) is 12.3. The monoisotopic (exact) mass is 231 g/mol. The van der Waals surface area contributed by atoms with Crippen molar-refractivity contribution >= 4 is 0 Å². The molecule has 0 saturated heterocycles. The van der Waals surface area contributed by atoms with Crippen LogP contribution < -0.4 is 10.5 Å². The summed E-state index contributed by atoms with van der Waals surface area (Å²) in [6.07, 6.45) is 2.64. The molecule has 90 valence electrons. The van der Waals surface area contributed by atoms with Crippen LogP contribution in [0.15, 0.2) is 30.5 Å². The van der Waals surface area contributed by atoms with E-state index in [9.17, 15) is 0 Å². The molecule has 1 aromatic heterocycles. The molecule has 0 aliphatic rings. The van der Waals surface area contributed by atoms with Crippen LogP contribution in [0.5, 0.6) is 5.75 Å². The standard InChI is InChI=1S/C13H17N3O/c1-9(14)6-11-8-15-16-13(11)10-4-3-5-12(7-10)17-2/h3-5,7-9H,6,14H2,1-2H3,(H,15,16). The van der Waals surface area contributed by atoms with E-state index in [0.29, 0.717) is 0 Å². The third-order valence-corrected chi connectivity index (χ3v) is 2.62. The maximum absolute atomic E-state index is 5.82. The Bertz CT molecular complexity index is 491. The second-order valence-electron chi connectivity index (χ2n) is 4.18. The minimum absolute atomic E-state index is 0.122. The number of nitrogens with two attached hydrogens (primary N) is 1. The van der Waals surface area contributed by atoms with Gasteiger partial charge in [0.05, 0.1) is 19.0 Å². The lowest BCUT2D eigenvalue weighted by molar-refractivity contribution is 0.415. The maximum Gasteiger partial charge on any atom is 0.119 e. The first kappa shape index (κ1) is 11.7. The van der Waals surface area contributed by atoms with Gasteiger partial charge in [-0.3, -0.25) is 5.10 Å². The van der Waals surface area contributed by atoms with Crippen molar-refractivity contribution < 1.29 is 4.74 Å². The van der Waals surface area contributed by atoms with Crippen molar-refractivity contribution in [3.63, 3.8) is 0 Å². The van der Waals surface area contributed by atoms with Crippen molar-refractivity contribution in [1.82, 2.24) is 10.2 Å². The molecule has 0 aliphatic heterocycles. The highest BCUT2D eigenvalue weighted by Crippen LogP contribution is 2.25. The fourth-order valence-electron chi connectivity index (χ4n) is 1.84. The number of hydrogen-bond donors (Lipinski definition) is 2. The van der Waals surface area contributed by atoms with Crippen LogP contribution in [0, 0.1) is 0 Å². The zero-order valence-electron chi connectivity index (χ0n) is 10.1. The molecular formula is C13H17N3O. The predicted octanol–water partition coefficient (Wildman–Crippen LogP) is 1.97. The van der Waals surface area contributed by atoms with Crippen LogP contribution in [0.1, 0.15) is 12.5 Å². The summed E-state index contributed by atoms with van der Waals surface area (Å²) in [5.74, 6) is 0.837. The van der Waals surface area contributed by atoms with Gasteiger partial charge in [0, 0.05) is 11.6 Å². The van der Waals surface area contributed by atoms with E-state index in [1.165, 1.54) is 0 Å². The smallest absolute Gasteiger partial charge is 0.119 e. The second-order valence-corrected chi connectivity index (χ2v) is 4.18. The van der Waals surface area contributed by atoms with Crippen LogP contribution in [-0.2, 0) is 6.42 Å². The molecule has 0 aliphatic carbocycles. The topological polar surface area (TPSA) is 63.9 Å². The number of aromatic amines is 1. The van der Waals surface area contributed by atoms with Crippen LogP contribution in [0.3, 0.4) is 0 Å². The average molecular weight is 231 g/mol. The van der Waals surface area contributed by atoms with E-state index in [0.717, 1.165) is 29.0 Å². The molecule has 0 radical (unpaired) electrons. The molecule has 2 rings (SSSR count). The Morgan fingerprint density at radius 3 is 3.00 bits per heavy atom. The summed E-state index contributed by atoms with van der Waals surface area (Å²) in [4.78, 5) is 0. The third kappa shape index (κ3) is 2.65. The van der Waals surface area contributed by atoms with E-state index in [4.69, 9.17) is 10.5 Å². The van der Waals surface area contributed by atoms with Gasteiger partial charge in [-0.05, 0) is 31.0 Å². The first-order chi connectivity index (χ1) is 8.20. The summed E-state index contributed by atoms with van der Waals surface area (Å²) in [7, 11) is 1.66. The number of aromatic nitrogens is 2. The maximum atomic E-state index is 5.82. The van der Waals surface area contributed by atoms with Gasteiger partial charge in [-0.25, -0.2) is 0 Å². The molecule has 3 N–H and O–H groups in total. The van der Waals surface area contributed by atoms with E-state index in [1.807, 2.05) is 37.4 Å². The average Bonchev–Trinajstić information content (AvgIpc) is 2.76. The van der Waals surface area contributed by atoms with E-state index < -0.39 is 0 Å². The van der Waals surface area contributed by atoms with Gasteiger partial charge in [0.1, 0.15) is 5.75 Å². The number of H-pyrrole nitrogens is 1. The molecule has 17 heavy (non-hydrogen) atoms. The summed E-state index contributed by atoms with van der Waals surface area (Å²) < 4.78 is 5.21. The van der Waals surface area contributed by atoms with Crippen molar-refractivity contribution in [2.24, 2.45) is 5.73 Å². The summed E-state index contributed by atoms with van der Waals surface area (Å²) in [5.41, 5.74) is 9.04. The predicted molar refractivity (Wildman–Crippen MR) is 67.9 cm³/mol. The third-order valence-electron chi connectivity index (χ3n) is 2.62. The fourth-order valence-corrected chi connectivity index (χ4v) is 1.84. The Morgan fingerprint density at radius 2 is 2.29 bits per heavy atom. The van der Waals surface area contributed by atoms with Gasteiger partial charge in [-0.1, -0.05) is 12.1 Å². The van der Waals surface area contributed by atoms with Crippen LogP contribution in [0.4, 0.5) is 0 Å². The van der Waals surface area contributed by atoms with Gasteiger partial charge >= 0.3 is 0 Å². The Kier molecular flexibility index (Phi) is 3.44. The summed E-state index contributed by atoms with van der Waals surface area (Å²) in [6.45, 7) is 1.99. The van der Waals surface area contributed by atoms with E-state index in [2.05, 4.69) is 10.2 Å². The number of nitrogens with one attached hydrogen (secondary N) is 1. The Balaban J connectivity index is 2.35. The zero-order valence-corrected chi connectivity index (χ0v) is 10.1. The number of benzene rings is 1. The van der Waals surface area contributed by atoms with Crippen LogP contribution in [-0.4, -0.2) is 23.3 Å². The number of nitrogens with zero attached hydrogens (tertiary/aromatic N) is 1. The van der Waals surface area contributed by atoms with Crippen molar-refractivity contribution in [2.75, 3.05) is 7.11 Å². The van der Waals surface area contributed by atoms with Gasteiger partial charge in [-0.15, -0.1) is 0 Å². The molecule has 0 spiro atoms. The number of methoxy groups -OCH3 is 1. The van der Waals surface area contributed by atoms with Gasteiger partial charge in [0.15, 0.2) is 0 Å². The molecule has 0 bridgehead atoms. The first-order valence-corrected chi connectivity index (χ1v) is 5.63. The quantitative estimate of drug-likeness (QED) is 0.845. The lowest BCUT2D eigenvalue weighted by atomic mass is 10.0. The minimum Gasteiger partial charge on any atom is -0.497 e. The van der Waals surface area contributed by atoms with Crippen molar-refractivity contribution in [2.45, 2.75) is 19.4 Å². The van der Waals surface area contributed by atoms with Gasteiger partial charge in [0.2, 0.25) is 0 Å². The molecule has 1 heterocycles. The molecular weight excluding hydrogens is 214 g/mol. The van der Waals surface area contributed by atoms with Crippen molar-refractivity contribution in [1.29, 1.82) is 0 Å². The number of hydrogen-bond acceptors (Lipinski definition) is 3. The summed E-state index contributed by atoms with van der Waals surface area (Å²) in [5, 5.41) is 7.10. The van der Waals surface area contributed by atoms with E-state index in [-0.39, 0.29) is 6.04 Å². The molecule has 1 atom stereocenters. The van der Waals surface area contributed by atoms with Gasteiger partial charge in [0.25, 0.3) is 0 Å². The molecule has 2 aromatic rings. The van der Waals surface area contributed by atoms with Crippen LogP contribution in [0.2, 0.25) is 0 Å². The highest BCUT2D eigenvalue weighted by molar-refractivity contribution is 5.64. The molecule has 4 nitrogen and oxygen atoms in total. The molecule has 1 aromatic carbocycles. The molecule has 4 heteroatoms. The lowest BCUT2D eigenvalue weighted by Crippen LogP contribution is -2.17. The molecule has 0 saturated carbocycles. The Hall–Kier alpha value is -1.81. The lowest BCUT2D eigenvalue weighted by Gasteiger charge is -2.07. The van der Waals surface area contributed by atoms with E-state index >= 15 is 0 Å². The Labute approximate surface area is 101 Å². The number of rotatable bonds is 4. The van der Waals surface area contributed by atoms with Crippen molar-refractivity contribution in [3.05, 3.63) is 36.0 Å². The fraction of sp³-hybridized carbons (Fsp3) is 0.308.